The zero-order valence-corrected chi connectivity index (χ0v) is 16.6. The Bertz CT molecular complexity index is 944. The summed E-state index contributed by atoms with van der Waals surface area (Å²) in [5, 5.41) is 1.50. The van der Waals surface area contributed by atoms with Crippen molar-refractivity contribution < 1.29 is 4.79 Å². The van der Waals surface area contributed by atoms with Gasteiger partial charge in [-0.2, -0.15) is 0 Å². The molecule has 4 nitrogen and oxygen atoms in total. The van der Waals surface area contributed by atoms with Crippen LogP contribution in [0.5, 0.6) is 0 Å². The zero-order chi connectivity index (χ0) is 18.3. The SMILES string of the molecule is Cc1cc(Cl)cc2sc(N(CCCn3cccc3)C(=O)C3(C)CC3)nc12. The van der Waals surface area contributed by atoms with Crippen LogP contribution in [0, 0.1) is 12.3 Å². The Kier molecular flexibility index (Phi) is 4.53. The van der Waals surface area contributed by atoms with Crippen LogP contribution in [0.4, 0.5) is 5.13 Å². The second-order valence-electron chi connectivity index (χ2n) is 7.36. The molecule has 1 aliphatic rings. The van der Waals surface area contributed by atoms with Gasteiger partial charge in [0.1, 0.15) is 0 Å². The van der Waals surface area contributed by atoms with Gasteiger partial charge in [0, 0.05) is 35.9 Å². The van der Waals surface area contributed by atoms with E-state index >= 15 is 0 Å². The number of carbonyl (C=O) groups is 1. The van der Waals surface area contributed by atoms with Crippen LogP contribution in [0.2, 0.25) is 5.02 Å². The number of nitrogens with zero attached hydrogens (tertiary/aromatic N) is 3. The number of hydrogen-bond donors (Lipinski definition) is 0. The van der Waals surface area contributed by atoms with Gasteiger partial charge < -0.3 is 4.57 Å². The first-order valence-corrected chi connectivity index (χ1v) is 10.2. The van der Waals surface area contributed by atoms with E-state index in [2.05, 4.69) is 23.9 Å². The molecule has 1 aliphatic carbocycles. The maximum absolute atomic E-state index is 13.1. The van der Waals surface area contributed by atoms with Crippen molar-refractivity contribution in [2.24, 2.45) is 5.41 Å². The van der Waals surface area contributed by atoms with Gasteiger partial charge in [0.25, 0.3) is 0 Å². The third-order valence-corrected chi connectivity index (χ3v) is 6.34. The van der Waals surface area contributed by atoms with Crippen molar-refractivity contribution in [3.8, 4) is 0 Å². The van der Waals surface area contributed by atoms with E-state index in [1.54, 1.807) is 11.3 Å². The summed E-state index contributed by atoms with van der Waals surface area (Å²) >= 11 is 7.75. The van der Waals surface area contributed by atoms with Gasteiger partial charge in [-0.3, -0.25) is 9.69 Å². The van der Waals surface area contributed by atoms with E-state index in [4.69, 9.17) is 16.6 Å². The molecule has 0 bridgehead atoms. The van der Waals surface area contributed by atoms with Crippen LogP contribution in [0.1, 0.15) is 31.7 Å². The van der Waals surface area contributed by atoms with Crippen LogP contribution in [0.15, 0.2) is 36.7 Å². The zero-order valence-electron chi connectivity index (χ0n) is 15.0. The standard InChI is InChI=1S/C20H22ClN3OS/c1-14-12-15(21)13-16-17(14)22-19(26-16)24(18(25)20(2)6-7-20)11-5-10-23-8-3-4-9-23/h3-4,8-9,12-13H,5-7,10-11H2,1-2H3. The number of aromatic nitrogens is 2. The topological polar surface area (TPSA) is 38.1 Å². The lowest BCUT2D eigenvalue weighted by Crippen LogP contribution is -2.37. The van der Waals surface area contributed by atoms with Gasteiger partial charge in [0.15, 0.2) is 5.13 Å². The molecule has 1 amide bonds. The van der Waals surface area contributed by atoms with Gasteiger partial charge in [0.05, 0.1) is 10.2 Å². The van der Waals surface area contributed by atoms with Gasteiger partial charge in [-0.1, -0.05) is 29.9 Å². The first-order chi connectivity index (χ1) is 12.5. The molecule has 0 aliphatic heterocycles. The molecular formula is C20H22ClN3OS. The van der Waals surface area contributed by atoms with Crippen LogP contribution >= 0.6 is 22.9 Å². The molecule has 0 atom stereocenters. The lowest BCUT2D eigenvalue weighted by Gasteiger charge is -2.23. The summed E-state index contributed by atoms with van der Waals surface area (Å²) in [5.74, 6) is 0.202. The van der Waals surface area contributed by atoms with E-state index in [0.29, 0.717) is 11.6 Å². The minimum atomic E-state index is -0.210. The maximum atomic E-state index is 13.1. The predicted octanol–water partition coefficient (Wildman–Crippen LogP) is 5.28. The van der Waals surface area contributed by atoms with Crippen molar-refractivity contribution in [2.75, 3.05) is 11.4 Å². The molecule has 0 radical (unpaired) electrons. The van der Waals surface area contributed by atoms with E-state index in [0.717, 1.165) is 46.7 Å². The van der Waals surface area contributed by atoms with Gasteiger partial charge in [-0.05, 0) is 56.0 Å². The number of anilines is 1. The number of thiazole rings is 1. The maximum Gasteiger partial charge on any atom is 0.234 e. The summed E-state index contributed by atoms with van der Waals surface area (Å²) in [4.78, 5) is 19.8. The van der Waals surface area contributed by atoms with Crippen molar-refractivity contribution >= 4 is 44.2 Å². The molecule has 1 fully saturated rings. The average Bonchev–Trinajstić information content (AvgIpc) is 3.01. The smallest absolute Gasteiger partial charge is 0.234 e. The minimum absolute atomic E-state index is 0.202. The number of rotatable bonds is 6. The van der Waals surface area contributed by atoms with Crippen molar-refractivity contribution in [3.05, 3.63) is 47.2 Å². The van der Waals surface area contributed by atoms with E-state index < -0.39 is 0 Å². The van der Waals surface area contributed by atoms with Crippen LogP contribution in [0.25, 0.3) is 10.2 Å². The number of benzene rings is 1. The third kappa shape index (κ3) is 3.38. The first-order valence-electron chi connectivity index (χ1n) is 8.96. The Balaban J connectivity index is 1.61. The summed E-state index contributed by atoms with van der Waals surface area (Å²) < 4.78 is 3.18. The summed E-state index contributed by atoms with van der Waals surface area (Å²) in [5.41, 5.74) is 1.78. The van der Waals surface area contributed by atoms with Crippen LogP contribution < -0.4 is 4.90 Å². The predicted molar refractivity (Wildman–Crippen MR) is 108 cm³/mol. The number of halogens is 1. The summed E-state index contributed by atoms with van der Waals surface area (Å²) in [7, 11) is 0. The van der Waals surface area contributed by atoms with E-state index in [-0.39, 0.29) is 11.3 Å². The van der Waals surface area contributed by atoms with Gasteiger partial charge in [0.2, 0.25) is 5.91 Å². The molecule has 4 rings (SSSR count). The molecule has 0 unspecified atom stereocenters. The molecule has 0 N–H and O–H groups in total. The Morgan fingerprint density at radius 1 is 1.35 bits per heavy atom. The second kappa shape index (κ2) is 6.71. The van der Waals surface area contributed by atoms with Crippen LogP contribution in [0.3, 0.4) is 0 Å². The van der Waals surface area contributed by atoms with Gasteiger partial charge >= 0.3 is 0 Å². The molecule has 3 aromatic rings. The largest absolute Gasteiger partial charge is 0.354 e. The molecule has 1 saturated carbocycles. The highest BCUT2D eigenvalue weighted by molar-refractivity contribution is 7.22. The lowest BCUT2D eigenvalue weighted by atomic mass is 10.1. The number of hydrogen-bond acceptors (Lipinski definition) is 3. The Morgan fingerprint density at radius 2 is 2.08 bits per heavy atom. The highest BCUT2D eigenvalue weighted by Gasteiger charge is 2.47. The van der Waals surface area contributed by atoms with Crippen LogP contribution in [-0.4, -0.2) is 22.0 Å². The third-order valence-electron chi connectivity index (χ3n) is 5.10. The normalized spacial score (nSPS) is 15.3. The molecule has 0 saturated heterocycles. The molecule has 26 heavy (non-hydrogen) atoms. The summed E-state index contributed by atoms with van der Waals surface area (Å²) in [6.07, 6.45) is 6.94. The first kappa shape index (κ1) is 17.6. The molecule has 136 valence electrons. The summed E-state index contributed by atoms with van der Waals surface area (Å²) in [6, 6.07) is 7.91. The molecular weight excluding hydrogens is 366 g/mol. The van der Waals surface area contributed by atoms with Crippen molar-refractivity contribution in [2.45, 2.75) is 39.7 Å². The number of fused-ring (bicyclic) bond motifs is 1. The minimum Gasteiger partial charge on any atom is -0.354 e. The lowest BCUT2D eigenvalue weighted by molar-refractivity contribution is -0.123. The van der Waals surface area contributed by atoms with Crippen molar-refractivity contribution in [1.29, 1.82) is 0 Å². The molecule has 1 aromatic carbocycles. The Morgan fingerprint density at radius 3 is 2.77 bits per heavy atom. The monoisotopic (exact) mass is 387 g/mol. The average molecular weight is 388 g/mol. The Hall–Kier alpha value is -1.85. The van der Waals surface area contributed by atoms with E-state index in [1.807, 2.05) is 36.1 Å². The fourth-order valence-electron chi connectivity index (χ4n) is 3.20. The van der Waals surface area contributed by atoms with Gasteiger partial charge in [-0.15, -0.1) is 0 Å². The molecule has 2 aromatic heterocycles. The fraction of sp³-hybridized carbons (Fsp3) is 0.400. The number of carbonyl (C=O) groups excluding carboxylic acids is 1. The second-order valence-corrected chi connectivity index (χ2v) is 8.80. The summed E-state index contributed by atoms with van der Waals surface area (Å²) in [6.45, 7) is 5.64. The highest BCUT2D eigenvalue weighted by Crippen LogP contribution is 2.47. The van der Waals surface area contributed by atoms with Crippen molar-refractivity contribution in [3.63, 3.8) is 0 Å². The van der Waals surface area contributed by atoms with Crippen LogP contribution in [-0.2, 0) is 11.3 Å². The van der Waals surface area contributed by atoms with E-state index in [9.17, 15) is 4.79 Å². The molecule has 0 spiro atoms. The highest BCUT2D eigenvalue weighted by atomic mass is 35.5. The van der Waals surface area contributed by atoms with Crippen molar-refractivity contribution in [1.82, 2.24) is 9.55 Å². The molecule has 2 heterocycles. The molecule has 6 heteroatoms. The quantitative estimate of drug-likeness (QED) is 0.576. The number of amides is 1. The fourth-order valence-corrected chi connectivity index (χ4v) is 4.64. The number of aryl methyl sites for hydroxylation is 2. The van der Waals surface area contributed by atoms with E-state index in [1.165, 1.54) is 0 Å². The van der Waals surface area contributed by atoms with Gasteiger partial charge in [-0.25, -0.2) is 4.98 Å². The Labute approximate surface area is 162 Å².